The number of hydrogen-bond acceptors (Lipinski definition) is 6. The molecule has 1 aliphatic rings. The third kappa shape index (κ3) is 3.72. The summed E-state index contributed by atoms with van der Waals surface area (Å²) in [5.41, 5.74) is 0.0910. The Balaban J connectivity index is 2.05. The number of ether oxygens (including phenoxy) is 1. The van der Waals surface area contributed by atoms with Gasteiger partial charge in [0.2, 0.25) is 0 Å². The van der Waals surface area contributed by atoms with Crippen LogP contribution in [0.2, 0.25) is 0 Å². The summed E-state index contributed by atoms with van der Waals surface area (Å²) in [6.45, 7) is 5.95. The summed E-state index contributed by atoms with van der Waals surface area (Å²) in [6, 6.07) is 0.490. The Morgan fingerprint density at radius 2 is 2.33 bits per heavy atom. The van der Waals surface area contributed by atoms with Gasteiger partial charge in [0.25, 0.3) is 0 Å². The number of nitrogens with zero attached hydrogens (tertiary/aromatic N) is 1. The average molecular weight is 329 g/mol. The van der Waals surface area contributed by atoms with Gasteiger partial charge in [0.1, 0.15) is 5.41 Å². The number of hydrogen-bond donors (Lipinski definition) is 1. The zero-order valence-corrected chi connectivity index (χ0v) is 14.8. The highest BCUT2D eigenvalue weighted by atomic mass is 32.2. The Kier molecular flexibility index (Phi) is 5.54. The minimum absolute atomic E-state index is 0.218. The lowest BCUT2D eigenvalue weighted by Crippen LogP contribution is -2.31. The van der Waals surface area contributed by atoms with Crippen LogP contribution in [0.4, 0.5) is 5.13 Å². The third-order valence-corrected chi connectivity index (χ3v) is 5.94. The number of aromatic nitrogens is 1. The second-order valence-corrected chi connectivity index (χ2v) is 7.77. The number of carbonyl (C=O) groups is 1. The molecule has 0 aromatic carbocycles. The van der Waals surface area contributed by atoms with Crippen LogP contribution in [-0.2, 0) is 14.9 Å². The van der Waals surface area contributed by atoms with Gasteiger partial charge in [0.05, 0.1) is 12.3 Å². The van der Waals surface area contributed by atoms with Crippen LogP contribution in [0.3, 0.4) is 0 Å². The first-order chi connectivity index (χ1) is 9.98. The van der Waals surface area contributed by atoms with Gasteiger partial charge in [0, 0.05) is 16.7 Å². The van der Waals surface area contributed by atoms with Gasteiger partial charge < -0.3 is 10.1 Å². The van der Waals surface area contributed by atoms with E-state index < -0.39 is 5.41 Å². The summed E-state index contributed by atoms with van der Waals surface area (Å²) in [6.07, 6.45) is 5.91. The zero-order valence-electron chi connectivity index (χ0n) is 13.1. The summed E-state index contributed by atoms with van der Waals surface area (Å²) >= 11 is 3.50. The lowest BCUT2D eigenvalue weighted by Gasteiger charge is -2.20. The van der Waals surface area contributed by atoms with Crippen molar-refractivity contribution in [2.24, 2.45) is 0 Å². The first-order valence-electron chi connectivity index (χ1n) is 7.41. The van der Waals surface area contributed by atoms with Crippen molar-refractivity contribution < 1.29 is 9.53 Å². The van der Waals surface area contributed by atoms with E-state index in [1.807, 2.05) is 37.9 Å². The topological polar surface area (TPSA) is 51.2 Å². The second kappa shape index (κ2) is 7.01. The van der Waals surface area contributed by atoms with E-state index in [-0.39, 0.29) is 5.97 Å². The minimum Gasteiger partial charge on any atom is -0.465 e. The van der Waals surface area contributed by atoms with Gasteiger partial charge in [0.15, 0.2) is 5.13 Å². The van der Waals surface area contributed by atoms with Gasteiger partial charge >= 0.3 is 5.97 Å². The minimum atomic E-state index is -0.693. The fourth-order valence-corrected chi connectivity index (χ4v) is 4.45. The Morgan fingerprint density at radius 3 is 3.00 bits per heavy atom. The van der Waals surface area contributed by atoms with Crippen molar-refractivity contribution in [1.29, 1.82) is 0 Å². The molecule has 118 valence electrons. The Bertz CT molecular complexity index is 488. The van der Waals surface area contributed by atoms with Crippen molar-refractivity contribution in [3.8, 4) is 0 Å². The van der Waals surface area contributed by atoms with E-state index in [4.69, 9.17) is 4.74 Å². The standard InChI is InChI=1S/C15H24N2O2S2/c1-5-19-13(18)15(2,3)12-9-21-14(17-12)16-10-7-6-8-11(10)20-4/h9-11H,5-8H2,1-4H3,(H,16,17). The fraction of sp³-hybridized carbons (Fsp3) is 0.733. The summed E-state index contributed by atoms with van der Waals surface area (Å²) in [4.78, 5) is 16.7. The lowest BCUT2D eigenvalue weighted by atomic mass is 9.90. The molecule has 0 saturated heterocycles. The van der Waals surface area contributed by atoms with E-state index in [9.17, 15) is 4.79 Å². The maximum absolute atomic E-state index is 12.0. The molecule has 0 radical (unpaired) electrons. The molecule has 0 bridgehead atoms. The summed E-state index contributed by atoms with van der Waals surface area (Å²) in [7, 11) is 0. The second-order valence-electron chi connectivity index (χ2n) is 5.84. The molecule has 1 heterocycles. The molecular weight excluding hydrogens is 304 g/mol. The number of nitrogens with one attached hydrogen (secondary N) is 1. The number of esters is 1. The van der Waals surface area contributed by atoms with Gasteiger partial charge in [-0.3, -0.25) is 4.79 Å². The van der Waals surface area contributed by atoms with E-state index in [0.717, 1.165) is 10.8 Å². The van der Waals surface area contributed by atoms with Gasteiger partial charge in [-0.1, -0.05) is 6.42 Å². The number of thiazole rings is 1. The highest BCUT2D eigenvalue weighted by Crippen LogP contribution is 2.33. The molecule has 0 spiro atoms. The molecule has 21 heavy (non-hydrogen) atoms. The predicted octanol–water partition coefficient (Wildman–Crippen LogP) is 3.68. The van der Waals surface area contributed by atoms with Crippen molar-refractivity contribution in [1.82, 2.24) is 4.98 Å². The van der Waals surface area contributed by atoms with Crippen LogP contribution < -0.4 is 5.32 Å². The predicted molar refractivity (Wildman–Crippen MR) is 90.3 cm³/mol. The van der Waals surface area contributed by atoms with Crippen molar-refractivity contribution in [2.75, 3.05) is 18.2 Å². The molecule has 1 aliphatic carbocycles. The number of anilines is 1. The van der Waals surface area contributed by atoms with Gasteiger partial charge in [-0.2, -0.15) is 11.8 Å². The molecule has 1 aromatic rings. The van der Waals surface area contributed by atoms with Crippen molar-refractivity contribution in [3.05, 3.63) is 11.1 Å². The van der Waals surface area contributed by atoms with E-state index in [1.54, 1.807) is 11.3 Å². The Hall–Kier alpha value is -0.750. The number of carbonyl (C=O) groups excluding carboxylic acids is 1. The molecule has 1 N–H and O–H groups in total. The molecule has 4 nitrogen and oxygen atoms in total. The first-order valence-corrected chi connectivity index (χ1v) is 9.58. The first kappa shape index (κ1) is 16.6. The van der Waals surface area contributed by atoms with Crippen LogP contribution in [0.5, 0.6) is 0 Å². The normalized spacial score (nSPS) is 22.3. The molecule has 0 amide bonds. The Morgan fingerprint density at radius 1 is 1.57 bits per heavy atom. The van der Waals surface area contributed by atoms with Crippen LogP contribution in [0.1, 0.15) is 45.7 Å². The molecule has 1 fully saturated rings. The van der Waals surface area contributed by atoms with Crippen molar-refractivity contribution in [2.45, 2.75) is 56.7 Å². The molecule has 1 saturated carbocycles. The summed E-state index contributed by atoms with van der Waals surface area (Å²) in [5.74, 6) is -0.218. The van der Waals surface area contributed by atoms with Crippen LogP contribution in [-0.4, -0.2) is 35.1 Å². The molecule has 0 aliphatic heterocycles. The molecule has 1 aromatic heterocycles. The van der Waals surface area contributed by atoms with E-state index in [1.165, 1.54) is 19.3 Å². The quantitative estimate of drug-likeness (QED) is 0.807. The molecule has 2 rings (SSSR count). The van der Waals surface area contributed by atoms with Crippen LogP contribution in [0, 0.1) is 0 Å². The maximum atomic E-state index is 12.0. The SMILES string of the molecule is CCOC(=O)C(C)(C)c1csc(NC2CCCC2SC)n1. The monoisotopic (exact) mass is 328 g/mol. The fourth-order valence-electron chi connectivity index (χ4n) is 2.58. The summed E-state index contributed by atoms with van der Waals surface area (Å²) < 4.78 is 5.14. The van der Waals surface area contributed by atoms with Crippen LogP contribution in [0.15, 0.2) is 5.38 Å². The molecule has 2 unspecified atom stereocenters. The zero-order chi connectivity index (χ0) is 15.5. The Labute approximate surface area is 135 Å². The maximum Gasteiger partial charge on any atom is 0.317 e. The van der Waals surface area contributed by atoms with Crippen LogP contribution >= 0.6 is 23.1 Å². The highest BCUT2D eigenvalue weighted by molar-refractivity contribution is 7.99. The van der Waals surface area contributed by atoms with Gasteiger partial charge in [-0.25, -0.2) is 4.98 Å². The van der Waals surface area contributed by atoms with Gasteiger partial charge in [-0.15, -0.1) is 11.3 Å². The van der Waals surface area contributed by atoms with Gasteiger partial charge in [-0.05, 0) is 39.9 Å². The van der Waals surface area contributed by atoms with Crippen molar-refractivity contribution >= 4 is 34.2 Å². The summed E-state index contributed by atoms with van der Waals surface area (Å²) in [5, 5.41) is 7.07. The van der Waals surface area contributed by atoms with E-state index >= 15 is 0 Å². The number of thioether (sulfide) groups is 1. The highest BCUT2D eigenvalue weighted by Gasteiger charge is 2.34. The lowest BCUT2D eigenvalue weighted by molar-refractivity contribution is -0.148. The smallest absolute Gasteiger partial charge is 0.317 e. The average Bonchev–Trinajstić information content (AvgIpc) is 3.08. The number of rotatable bonds is 6. The van der Waals surface area contributed by atoms with Crippen LogP contribution in [0.25, 0.3) is 0 Å². The molecular formula is C15H24N2O2S2. The van der Waals surface area contributed by atoms with E-state index in [0.29, 0.717) is 17.9 Å². The van der Waals surface area contributed by atoms with Crippen molar-refractivity contribution in [3.63, 3.8) is 0 Å². The molecule has 2 atom stereocenters. The molecule has 6 heteroatoms. The third-order valence-electron chi connectivity index (χ3n) is 3.99. The largest absolute Gasteiger partial charge is 0.465 e. The van der Waals surface area contributed by atoms with E-state index in [2.05, 4.69) is 16.6 Å².